The molecule has 1 rings (SSSR count). The van der Waals surface area contributed by atoms with Crippen molar-refractivity contribution < 1.29 is 9.66 Å². The van der Waals surface area contributed by atoms with Crippen LogP contribution in [0.5, 0.6) is 0 Å². The largest absolute Gasteiger partial charge is 0.478 e. The fourth-order valence-electron chi connectivity index (χ4n) is 1.13. The number of nitro benzene ring substituents is 1. The van der Waals surface area contributed by atoms with Gasteiger partial charge in [0.25, 0.3) is 5.69 Å². The average Bonchev–Trinajstić information content (AvgIpc) is 2.17. The average molecular weight is 209 g/mol. The zero-order valence-corrected chi connectivity index (χ0v) is 8.19. The van der Waals surface area contributed by atoms with Gasteiger partial charge in [0.2, 0.25) is 5.90 Å². The van der Waals surface area contributed by atoms with E-state index in [-0.39, 0.29) is 22.8 Å². The maximum absolute atomic E-state index is 10.6. The smallest absolute Gasteiger partial charge is 0.292 e. The fraction of sp³-hybridized carbons (Fsp3) is 0.222. The van der Waals surface area contributed by atoms with Crippen LogP contribution in [0.25, 0.3) is 0 Å². The second-order valence-corrected chi connectivity index (χ2v) is 2.76. The molecule has 1 aromatic rings. The molecular formula is C9H11N3O3. The number of nitro groups is 1. The highest BCUT2D eigenvalue weighted by molar-refractivity contribution is 5.98. The van der Waals surface area contributed by atoms with Crippen molar-refractivity contribution in [3.63, 3.8) is 0 Å². The Morgan fingerprint density at radius 2 is 2.33 bits per heavy atom. The van der Waals surface area contributed by atoms with Crippen LogP contribution >= 0.6 is 0 Å². The Bertz CT molecular complexity index is 404. The van der Waals surface area contributed by atoms with E-state index in [0.717, 1.165) is 0 Å². The number of rotatable bonds is 3. The number of anilines is 1. The van der Waals surface area contributed by atoms with Crippen molar-refractivity contribution in [3.05, 3.63) is 33.9 Å². The molecule has 0 saturated carbocycles. The number of nitrogens with zero attached hydrogens (tertiary/aromatic N) is 1. The van der Waals surface area contributed by atoms with Gasteiger partial charge in [-0.3, -0.25) is 15.5 Å². The summed E-state index contributed by atoms with van der Waals surface area (Å²) in [5, 5.41) is 18.1. The van der Waals surface area contributed by atoms with E-state index >= 15 is 0 Å². The first-order valence-corrected chi connectivity index (χ1v) is 4.32. The molecule has 0 radical (unpaired) electrons. The third-order valence-corrected chi connectivity index (χ3v) is 1.81. The molecule has 0 spiro atoms. The summed E-state index contributed by atoms with van der Waals surface area (Å²) in [6.07, 6.45) is 0. The van der Waals surface area contributed by atoms with Gasteiger partial charge < -0.3 is 10.5 Å². The minimum Gasteiger partial charge on any atom is -0.478 e. The van der Waals surface area contributed by atoms with Crippen LogP contribution < -0.4 is 5.73 Å². The molecule has 15 heavy (non-hydrogen) atoms. The lowest BCUT2D eigenvalue weighted by Gasteiger charge is -2.07. The summed E-state index contributed by atoms with van der Waals surface area (Å²) in [7, 11) is 0. The van der Waals surface area contributed by atoms with Crippen molar-refractivity contribution in [2.75, 3.05) is 12.3 Å². The maximum Gasteiger partial charge on any atom is 0.292 e. The lowest BCUT2D eigenvalue weighted by molar-refractivity contribution is -0.383. The van der Waals surface area contributed by atoms with Crippen molar-refractivity contribution in [1.82, 2.24) is 0 Å². The lowest BCUT2D eigenvalue weighted by atomic mass is 10.1. The monoisotopic (exact) mass is 209 g/mol. The number of para-hydroxylation sites is 1. The summed E-state index contributed by atoms with van der Waals surface area (Å²) < 4.78 is 4.92. The minimum absolute atomic E-state index is 0.0408. The van der Waals surface area contributed by atoms with Crippen LogP contribution in [0.2, 0.25) is 0 Å². The molecule has 6 heteroatoms. The SMILES string of the molecule is CCOC(=N)c1cccc([N+](=O)[O-])c1N. The van der Waals surface area contributed by atoms with Gasteiger partial charge in [0.05, 0.1) is 17.1 Å². The number of nitrogen functional groups attached to an aromatic ring is 1. The van der Waals surface area contributed by atoms with Gasteiger partial charge in [0, 0.05) is 6.07 Å². The standard InChI is InChI=1S/C9H11N3O3/c1-2-15-9(11)6-4-3-5-7(8(6)10)12(13)14/h3-5,11H,2,10H2,1H3. The summed E-state index contributed by atoms with van der Waals surface area (Å²) in [5.74, 6) is -0.154. The first-order valence-electron chi connectivity index (χ1n) is 4.32. The summed E-state index contributed by atoms with van der Waals surface area (Å²) >= 11 is 0. The predicted molar refractivity (Wildman–Crippen MR) is 56.0 cm³/mol. The fourth-order valence-corrected chi connectivity index (χ4v) is 1.13. The zero-order valence-electron chi connectivity index (χ0n) is 8.19. The minimum atomic E-state index is -0.585. The third kappa shape index (κ3) is 2.22. The molecular weight excluding hydrogens is 198 g/mol. The van der Waals surface area contributed by atoms with Gasteiger partial charge in [-0.1, -0.05) is 6.07 Å². The van der Waals surface area contributed by atoms with Gasteiger partial charge >= 0.3 is 0 Å². The van der Waals surface area contributed by atoms with Crippen LogP contribution in [0.3, 0.4) is 0 Å². The van der Waals surface area contributed by atoms with Gasteiger partial charge in [0.15, 0.2) is 0 Å². The Labute approximate surface area is 86.3 Å². The highest BCUT2D eigenvalue weighted by Crippen LogP contribution is 2.25. The Morgan fingerprint density at radius 3 is 2.87 bits per heavy atom. The number of hydrogen-bond donors (Lipinski definition) is 2. The van der Waals surface area contributed by atoms with Crippen molar-refractivity contribution in [2.45, 2.75) is 6.92 Å². The summed E-state index contributed by atoms with van der Waals surface area (Å²) in [5.41, 5.74) is 5.54. The number of benzene rings is 1. The lowest BCUT2D eigenvalue weighted by Crippen LogP contribution is -2.09. The summed E-state index contributed by atoms with van der Waals surface area (Å²) in [6.45, 7) is 2.04. The van der Waals surface area contributed by atoms with Crippen LogP contribution in [-0.2, 0) is 4.74 Å². The second-order valence-electron chi connectivity index (χ2n) is 2.76. The maximum atomic E-state index is 10.6. The molecule has 0 aliphatic heterocycles. The van der Waals surface area contributed by atoms with E-state index in [1.165, 1.54) is 18.2 Å². The van der Waals surface area contributed by atoms with E-state index in [2.05, 4.69) is 0 Å². The molecule has 6 nitrogen and oxygen atoms in total. The number of ether oxygens (including phenoxy) is 1. The molecule has 0 aliphatic rings. The van der Waals surface area contributed by atoms with Crippen LogP contribution in [-0.4, -0.2) is 17.4 Å². The Balaban J connectivity index is 3.15. The second kappa shape index (κ2) is 4.41. The van der Waals surface area contributed by atoms with E-state index in [1.54, 1.807) is 6.92 Å². The van der Waals surface area contributed by atoms with Crippen molar-refractivity contribution >= 4 is 17.3 Å². The van der Waals surface area contributed by atoms with Crippen LogP contribution in [0.1, 0.15) is 12.5 Å². The van der Waals surface area contributed by atoms with Crippen molar-refractivity contribution in [1.29, 1.82) is 5.41 Å². The molecule has 0 saturated heterocycles. The van der Waals surface area contributed by atoms with Crippen molar-refractivity contribution in [3.8, 4) is 0 Å². The molecule has 0 amide bonds. The van der Waals surface area contributed by atoms with Crippen LogP contribution in [0, 0.1) is 15.5 Å². The summed E-state index contributed by atoms with van der Waals surface area (Å²) in [6, 6.07) is 4.27. The normalized spacial score (nSPS) is 9.67. The molecule has 3 N–H and O–H groups in total. The third-order valence-electron chi connectivity index (χ3n) is 1.81. The topological polar surface area (TPSA) is 102 Å². The Morgan fingerprint density at radius 1 is 1.67 bits per heavy atom. The molecule has 0 heterocycles. The van der Waals surface area contributed by atoms with Gasteiger partial charge in [-0.2, -0.15) is 0 Å². The molecule has 0 atom stereocenters. The highest BCUT2D eigenvalue weighted by Gasteiger charge is 2.17. The van der Waals surface area contributed by atoms with Gasteiger partial charge in [0.1, 0.15) is 5.69 Å². The molecule has 0 fully saturated rings. The molecule has 80 valence electrons. The van der Waals surface area contributed by atoms with E-state index in [4.69, 9.17) is 15.9 Å². The first kappa shape index (κ1) is 11.0. The number of hydrogen-bond acceptors (Lipinski definition) is 5. The molecule has 0 aliphatic carbocycles. The zero-order chi connectivity index (χ0) is 11.4. The van der Waals surface area contributed by atoms with E-state index < -0.39 is 4.92 Å². The first-order chi connectivity index (χ1) is 7.07. The molecule has 0 unspecified atom stereocenters. The van der Waals surface area contributed by atoms with Crippen LogP contribution in [0.15, 0.2) is 18.2 Å². The number of nitrogens with two attached hydrogens (primary N) is 1. The quantitative estimate of drug-likeness (QED) is 0.259. The van der Waals surface area contributed by atoms with Gasteiger partial charge in [-0.15, -0.1) is 0 Å². The molecule has 0 bridgehead atoms. The summed E-state index contributed by atoms with van der Waals surface area (Å²) in [4.78, 5) is 9.98. The predicted octanol–water partition coefficient (Wildman–Crippen LogP) is 1.54. The van der Waals surface area contributed by atoms with Crippen molar-refractivity contribution in [2.24, 2.45) is 0 Å². The number of nitrogens with one attached hydrogen (secondary N) is 1. The highest BCUT2D eigenvalue weighted by atomic mass is 16.6. The Kier molecular flexibility index (Phi) is 3.22. The molecule has 0 aromatic heterocycles. The van der Waals surface area contributed by atoms with E-state index in [0.29, 0.717) is 6.61 Å². The van der Waals surface area contributed by atoms with E-state index in [9.17, 15) is 10.1 Å². The van der Waals surface area contributed by atoms with Gasteiger partial charge in [-0.25, -0.2) is 0 Å². The van der Waals surface area contributed by atoms with E-state index in [1.807, 2.05) is 0 Å². The Hall–Kier alpha value is -2.11. The van der Waals surface area contributed by atoms with Crippen LogP contribution in [0.4, 0.5) is 11.4 Å². The van der Waals surface area contributed by atoms with Gasteiger partial charge in [-0.05, 0) is 13.0 Å². The molecule has 1 aromatic carbocycles.